The second kappa shape index (κ2) is 8.68. The lowest BCUT2D eigenvalue weighted by molar-refractivity contribution is -0.120. The van der Waals surface area contributed by atoms with E-state index in [9.17, 15) is 9.59 Å². The largest absolute Gasteiger partial charge is 0.354 e. The maximum atomic E-state index is 11.6. The molecule has 4 N–H and O–H groups in total. The molecule has 3 amide bonds. The molecule has 0 spiro atoms. The number of benzene rings is 1. The minimum absolute atomic E-state index is 0.0547. The average molecular weight is 332 g/mol. The Morgan fingerprint density at radius 1 is 1.21 bits per heavy atom. The molecule has 2 rings (SSSR count). The van der Waals surface area contributed by atoms with E-state index in [-0.39, 0.29) is 12.5 Å². The van der Waals surface area contributed by atoms with Gasteiger partial charge in [0, 0.05) is 13.1 Å². The fraction of sp³-hybridized carbons (Fsp3) is 0.556. The normalized spacial score (nSPS) is 15.9. The van der Waals surface area contributed by atoms with Crippen molar-refractivity contribution in [3.8, 4) is 0 Å². The SMILES string of the molecule is Cc1ccc(C)c(CN2CCC(CNC(=O)CNC(N)=O)CC2)c1. The van der Waals surface area contributed by atoms with Crippen LogP contribution in [-0.4, -0.2) is 43.0 Å². The summed E-state index contributed by atoms with van der Waals surface area (Å²) < 4.78 is 0. The topological polar surface area (TPSA) is 87.5 Å². The third-order valence-electron chi connectivity index (χ3n) is 4.62. The van der Waals surface area contributed by atoms with E-state index in [1.54, 1.807) is 0 Å². The summed E-state index contributed by atoms with van der Waals surface area (Å²) in [6.07, 6.45) is 2.16. The smallest absolute Gasteiger partial charge is 0.312 e. The van der Waals surface area contributed by atoms with Crippen LogP contribution in [0.1, 0.15) is 29.5 Å². The van der Waals surface area contributed by atoms with E-state index in [0.717, 1.165) is 32.5 Å². The van der Waals surface area contributed by atoms with Gasteiger partial charge in [-0.05, 0) is 56.8 Å². The Hall–Kier alpha value is -2.08. The molecule has 0 aliphatic carbocycles. The number of piperidine rings is 1. The molecule has 24 heavy (non-hydrogen) atoms. The number of nitrogens with one attached hydrogen (secondary N) is 2. The number of nitrogens with two attached hydrogens (primary N) is 1. The van der Waals surface area contributed by atoms with E-state index >= 15 is 0 Å². The highest BCUT2D eigenvalue weighted by Crippen LogP contribution is 2.20. The summed E-state index contributed by atoms with van der Waals surface area (Å²) >= 11 is 0. The summed E-state index contributed by atoms with van der Waals surface area (Å²) in [5.41, 5.74) is 8.99. The second-order valence-electron chi connectivity index (χ2n) is 6.67. The van der Waals surface area contributed by atoms with Crippen molar-refractivity contribution in [3.63, 3.8) is 0 Å². The third-order valence-corrected chi connectivity index (χ3v) is 4.62. The molecule has 0 aromatic heterocycles. The van der Waals surface area contributed by atoms with Gasteiger partial charge in [0.1, 0.15) is 0 Å². The zero-order valence-electron chi connectivity index (χ0n) is 14.6. The quantitative estimate of drug-likeness (QED) is 0.734. The second-order valence-corrected chi connectivity index (χ2v) is 6.67. The van der Waals surface area contributed by atoms with Crippen molar-refractivity contribution in [1.29, 1.82) is 0 Å². The number of urea groups is 1. The lowest BCUT2D eigenvalue weighted by Gasteiger charge is -2.32. The summed E-state index contributed by atoms with van der Waals surface area (Å²) in [4.78, 5) is 24.6. The van der Waals surface area contributed by atoms with E-state index in [0.29, 0.717) is 12.5 Å². The first kappa shape index (κ1) is 18.3. The van der Waals surface area contributed by atoms with Crippen molar-refractivity contribution in [3.05, 3.63) is 34.9 Å². The molecule has 1 aliphatic rings. The first-order valence-electron chi connectivity index (χ1n) is 8.52. The molecule has 1 aromatic rings. The fourth-order valence-electron chi connectivity index (χ4n) is 3.05. The standard InChI is InChI=1S/C18H28N4O2/c1-13-3-4-14(2)16(9-13)12-22-7-5-15(6-8-22)10-20-17(23)11-21-18(19)24/h3-4,9,15H,5-8,10-12H2,1-2H3,(H,20,23)(H3,19,21,24). The molecule has 0 saturated carbocycles. The van der Waals surface area contributed by atoms with Crippen LogP contribution in [0.5, 0.6) is 0 Å². The summed E-state index contributed by atoms with van der Waals surface area (Å²) in [6, 6.07) is 5.94. The van der Waals surface area contributed by atoms with E-state index < -0.39 is 6.03 Å². The van der Waals surface area contributed by atoms with Crippen LogP contribution in [0.15, 0.2) is 18.2 Å². The maximum Gasteiger partial charge on any atom is 0.312 e. The van der Waals surface area contributed by atoms with Gasteiger partial charge in [0.05, 0.1) is 6.54 Å². The van der Waals surface area contributed by atoms with E-state index in [1.165, 1.54) is 16.7 Å². The van der Waals surface area contributed by atoms with Crippen molar-refractivity contribution in [2.75, 3.05) is 26.2 Å². The number of nitrogens with zero attached hydrogens (tertiary/aromatic N) is 1. The zero-order valence-corrected chi connectivity index (χ0v) is 14.6. The van der Waals surface area contributed by atoms with Gasteiger partial charge in [-0.15, -0.1) is 0 Å². The highest BCUT2D eigenvalue weighted by Gasteiger charge is 2.20. The highest BCUT2D eigenvalue weighted by atomic mass is 16.2. The van der Waals surface area contributed by atoms with Gasteiger partial charge in [0.2, 0.25) is 5.91 Å². The average Bonchev–Trinajstić information content (AvgIpc) is 2.55. The van der Waals surface area contributed by atoms with Crippen LogP contribution < -0.4 is 16.4 Å². The molecule has 6 heteroatoms. The molecular weight excluding hydrogens is 304 g/mol. The number of aryl methyl sites for hydroxylation is 2. The van der Waals surface area contributed by atoms with E-state index in [1.807, 2.05) is 0 Å². The molecule has 0 radical (unpaired) electrons. The first-order valence-corrected chi connectivity index (χ1v) is 8.52. The predicted octanol–water partition coefficient (Wildman–Crippen LogP) is 1.30. The van der Waals surface area contributed by atoms with Crippen LogP contribution in [0.4, 0.5) is 4.79 Å². The van der Waals surface area contributed by atoms with Gasteiger partial charge in [0.15, 0.2) is 0 Å². The Morgan fingerprint density at radius 3 is 2.58 bits per heavy atom. The summed E-state index contributed by atoms with van der Waals surface area (Å²) in [5.74, 6) is 0.309. The van der Waals surface area contributed by atoms with Crippen LogP contribution in [0, 0.1) is 19.8 Å². The van der Waals surface area contributed by atoms with Gasteiger partial charge in [-0.2, -0.15) is 0 Å². The summed E-state index contributed by atoms with van der Waals surface area (Å²) in [6.45, 7) is 8.00. The maximum absolute atomic E-state index is 11.6. The number of amides is 3. The molecule has 0 unspecified atom stereocenters. The minimum Gasteiger partial charge on any atom is -0.354 e. The molecule has 1 aliphatic heterocycles. The number of likely N-dealkylation sites (tertiary alicyclic amines) is 1. The number of primary amides is 1. The first-order chi connectivity index (χ1) is 11.4. The number of carbonyl (C=O) groups is 2. The van der Waals surface area contributed by atoms with Crippen LogP contribution in [0.25, 0.3) is 0 Å². The van der Waals surface area contributed by atoms with Gasteiger partial charge in [-0.1, -0.05) is 23.8 Å². The predicted molar refractivity (Wildman–Crippen MR) is 94.5 cm³/mol. The van der Waals surface area contributed by atoms with Crippen LogP contribution >= 0.6 is 0 Å². The molecule has 1 aromatic carbocycles. The van der Waals surface area contributed by atoms with Gasteiger partial charge >= 0.3 is 6.03 Å². The van der Waals surface area contributed by atoms with Gasteiger partial charge in [0.25, 0.3) is 0 Å². The number of hydrogen-bond donors (Lipinski definition) is 3. The third kappa shape index (κ3) is 5.85. The van der Waals surface area contributed by atoms with Crippen molar-refractivity contribution in [2.45, 2.75) is 33.2 Å². The molecule has 1 heterocycles. The fourth-order valence-corrected chi connectivity index (χ4v) is 3.05. The molecule has 0 bridgehead atoms. The molecule has 0 atom stereocenters. The van der Waals surface area contributed by atoms with Crippen molar-refractivity contribution < 1.29 is 9.59 Å². The van der Waals surface area contributed by atoms with Gasteiger partial charge < -0.3 is 16.4 Å². The Bertz CT molecular complexity index is 580. The van der Waals surface area contributed by atoms with Crippen LogP contribution in [0.2, 0.25) is 0 Å². The Labute approximate surface area is 143 Å². The lowest BCUT2D eigenvalue weighted by Crippen LogP contribution is -2.42. The summed E-state index contributed by atoms with van der Waals surface area (Å²) in [7, 11) is 0. The van der Waals surface area contributed by atoms with Crippen LogP contribution in [0.3, 0.4) is 0 Å². The molecule has 1 fully saturated rings. The lowest BCUT2D eigenvalue weighted by atomic mass is 9.96. The van der Waals surface area contributed by atoms with Crippen LogP contribution in [-0.2, 0) is 11.3 Å². The van der Waals surface area contributed by atoms with Gasteiger partial charge in [-0.25, -0.2) is 4.79 Å². The molecule has 6 nitrogen and oxygen atoms in total. The van der Waals surface area contributed by atoms with Crippen molar-refractivity contribution in [2.24, 2.45) is 11.7 Å². The van der Waals surface area contributed by atoms with E-state index in [2.05, 4.69) is 47.6 Å². The highest BCUT2D eigenvalue weighted by molar-refractivity contribution is 5.83. The number of rotatable bonds is 6. The van der Waals surface area contributed by atoms with E-state index in [4.69, 9.17) is 5.73 Å². The molecular formula is C18H28N4O2. The number of carbonyl (C=O) groups excluding carboxylic acids is 2. The van der Waals surface area contributed by atoms with Gasteiger partial charge in [-0.3, -0.25) is 9.69 Å². The monoisotopic (exact) mass is 332 g/mol. The molecule has 1 saturated heterocycles. The minimum atomic E-state index is -0.676. The zero-order chi connectivity index (χ0) is 17.5. The Kier molecular flexibility index (Phi) is 6.61. The van der Waals surface area contributed by atoms with Crippen molar-refractivity contribution in [1.82, 2.24) is 15.5 Å². The summed E-state index contributed by atoms with van der Waals surface area (Å²) in [5, 5.41) is 5.16. The Morgan fingerprint density at radius 2 is 1.92 bits per heavy atom. The Balaban J connectivity index is 1.70. The number of hydrogen-bond acceptors (Lipinski definition) is 3. The molecule has 132 valence electrons. The van der Waals surface area contributed by atoms with Crippen molar-refractivity contribution >= 4 is 11.9 Å².